The first-order chi connectivity index (χ1) is 29.7. The third-order valence-corrected chi connectivity index (χ3v) is 15.1. The molecule has 61 heavy (non-hydrogen) atoms. The van der Waals surface area contributed by atoms with Gasteiger partial charge in [-0.15, -0.1) is 11.8 Å². The van der Waals surface area contributed by atoms with Gasteiger partial charge in [0.15, 0.2) is 16.9 Å². The number of hydrogen-bond acceptors (Lipinski definition) is 4. The molecule has 0 bridgehead atoms. The molecular formula is C52H42Cl3N2OPRuS+. The van der Waals surface area contributed by atoms with Crippen molar-refractivity contribution in [2.24, 2.45) is 9.98 Å². The van der Waals surface area contributed by atoms with Crippen LogP contribution in [0.2, 0.25) is 0 Å². The minimum absolute atomic E-state index is 0.691. The van der Waals surface area contributed by atoms with Gasteiger partial charge in [-0.1, -0.05) is 133 Å². The van der Waals surface area contributed by atoms with Crippen LogP contribution >= 0.6 is 48.3 Å². The van der Waals surface area contributed by atoms with E-state index in [1.165, 1.54) is 39.0 Å². The zero-order chi connectivity index (χ0) is 42.5. The van der Waals surface area contributed by atoms with Gasteiger partial charge < -0.3 is 4.52 Å². The summed E-state index contributed by atoms with van der Waals surface area (Å²) in [7, 11) is 11.9. The average Bonchev–Trinajstić information content (AvgIpc) is 3.92. The molecule has 2 aliphatic rings. The van der Waals surface area contributed by atoms with Gasteiger partial charge in [0, 0.05) is 16.0 Å². The van der Waals surface area contributed by atoms with Crippen molar-refractivity contribution in [3.05, 3.63) is 225 Å². The molecule has 1 aliphatic carbocycles. The molecule has 305 valence electrons. The zero-order valence-electron chi connectivity index (χ0n) is 34.0. The second kappa shape index (κ2) is 19.2. The van der Waals surface area contributed by atoms with Crippen LogP contribution in [0.15, 0.2) is 191 Å². The Labute approximate surface area is 380 Å². The van der Waals surface area contributed by atoms with Crippen LogP contribution < -0.4 is 30.9 Å². The van der Waals surface area contributed by atoms with Crippen LogP contribution in [0, 0.1) is 20.8 Å². The average molecular weight is 981 g/mol. The number of fused-ring (bicyclic) bond motifs is 1. The molecule has 7 aromatic carbocycles. The summed E-state index contributed by atoms with van der Waals surface area (Å²) in [6, 6.07) is 60.6. The van der Waals surface area contributed by atoms with Crippen LogP contribution in [-0.4, -0.2) is 18.2 Å². The van der Waals surface area contributed by atoms with Crippen LogP contribution in [0.4, 0.5) is 0 Å². The Morgan fingerprint density at radius 1 is 0.623 bits per heavy atom. The van der Waals surface area contributed by atoms with Gasteiger partial charge in [-0.05, 0) is 115 Å². The molecule has 0 amide bonds. The van der Waals surface area contributed by atoms with Gasteiger partial charge in [-0.25, -0.2) is 9.98 Å². The monoisotopic (exact) mass is 980 g/mol. The van der Waals surface area contributed by atoms with E-state index in [-0.39, 0.29) is 0 Å². The molecule has 9 rings (SSSR count). The number of aliphatic imine (C=N–C) groups is 2. The summed E-state index contributed by atoms with van der Waals surface area (Å²) in [5.41, 5.74) is 11.5. The first-order valence-electron chi connectivity index (χ1n) is 19.7. The SMILES string of the molecule is CSc1ccccc1O[P+](c1ccccc1)(c1ccccc1)c1cccc(=C2N=CC(c3c(C)cc(C)cc3C)=N2)c1=C1C=C(c2ccccc2)c2ccccc21.[Cl][Ru]([Cl])[Cl]. The molecule has 0 unspecified atom stereocenters. The number of rotatable bonds is 8. The van der Waals surface area contributed by atoms with Crippen molar-refractivity contribution < 1.29 is 17.5 Å². The van der Waals surface area contributed by atoms with Crippen molar-refractivity contribution in [3.8, 4) is 5.75 Å². The van der Waals surface area contributed by atoms with E-state index in [9.17, 15) is 0 Å². The van der Waals surface area contributed by atoms with Gasteiger partial charge >= 0.3 is 42.1 Å². The first-order valence-corrected chi connectivity index (χ1v) is 29.3. The Balaban J connectivity index is 0.00000123. The molecule has 0 radical (unpaired) electrons. The number of halogens is 3. The fourth-order valence-electron chi connectivity index (χ4n) is 8.42. The molecule has 1 heterocycles. The third kappa shape index (κ3) is 8.89. The second-order valence-corrected chi connectivity index (χ2v) is 26.3. The fraction of sp³-hybridized carbons (Fsp3) is 0.0769. The Bertz CT molecular complexity index is 2890. The van der Waals surface area contributed by atoms with E-state index in [2.05, 4.69) is 203 Å². The first kappa shape index (κ1) is 43.1. The number of allylic oxidation sites excluding steroid dienone is 1. The number of nitrogens with zero attached hydrogens (tertiary/aromatic N) is 2. The third-order valence-electron chi connectivity index (χ3n) is 10.8. The molecule has 0 spiro atoms. The molecule has 7 aromatic rings. The van der Waals surface area contributed by atoms with E-state index in [0.717, 1.165) is 53.8 Å². The van der Waals surface area contributed by atoms with Crippen LogP contribution in [-0.2, 0) is 13.0 Å². The number of hydrogen-bond donors (Lipinski definition) is 0. The Morgan fingerprint density at radius 3 is 1.80 bits per heavy atom. The topological polar surface area (TPSA) is 34.0 Å². The molecule has 9 heteroatoms. The number of benzene rings is 7. The van der Waals surface area contributed by atoms with E-state index in [0.29, 0.717) is 5.82 Å². The summed E-state index contributed by atoms with van der Waals surface area (Å²) in [4.78, 5) is 11.6. The summed E-state index contributed by atoms with van der Waals surface area (Å²) < 4.78 is 7.81. The van der Waals surface area contributed by atoms with Crippen molar-refractivity contribution in [2.75, 3.05) is 6.26 Å². The maximum absolute atomic E-state index is 7.81. The molecule has 0 atom stereocenters. The second-order valence-electron chi connectivity index (χ2n) is 14.6. The van der Waals surface area contributed by atoms with E-state index in [4.69, 9.17) is 43.6 Å². The summed E-state index contributed by atoms with van der Waals surface area (Å²) >= 11 is -0.0517. The Kier molecular flexibility index (Phi) is 13.6. The molecule has 0 saturated carbocycles. The molecule has 1 aliphatic heterocycles. The summed E-state index contributed by atoms with van der Waals surface area (Å²) in [6.07, 6.45) is 6.43. The van der Waals surface area contributed by atoms with E-state index < -0.39 is 20.5 Å². The number of aryl methyl sites for hydroxylation is 3. The molecule has 3 nitrogen and oxygen atoms in total. The fourth-order valence-corrected chi connectivity index (χ4v) is 12.7. The summed E-state index contributed by atoms with van der Waals surface area (Å²) in [5, 5.41) is 5.40. The zero-order valence-corrected chi connectivity index (χ0v) is 39.7. The molecule has 0 N–H and O–H groups in total. The summed E-state index contributed by atoms with van der Waals surface area (Å²) in [6.45, 7) is 6.48. The Morgan fingerprint density at radius 2 is 1.18 bits per heavy atom. The van der Waals surface area contributed by atoms with Crippen LogP contribution in [0.5, 0.6) is 5.75 Å². The van der Waals surface area contributed by atoms with Crippen molar-refractivity contribution in [3.63, 3.8) is 0 Å². The predicted molar refractivity (Wildman–Crippen MR) is 262 cm³/mol. The predicted octanol–water partition coefficient (Wildman–Crippen LogP) is 12.0. The maximum atomic E-state index is 7.81. The van der Waals surface area contributed by atoms with Gasteiger partial charge in [-0.3, -0.25) is 0 Å². The van der Waals surface area contributed by atoms with Gasteiger partial charge in [-0.2, -0.15) is 0 Å². The molecule has 0 fully saturated rings. The number of para-hydroxylation sites is 1. The molecule has 0 saturated heterocycles. The van der Waals surface area contributed by atoms with Crippen molar-refractivity contribution in [2.45, 2.75) is 25.7 Å². The van der Waals surface area contributed by atoms with Crippen molar-refractivity contribution in [1.29, 1.82) is 0 Å². The van der Waals surface area contributed by atoms with E-state index in [1.807, 2.05) is 6.21 Å². The summed E-state index contributed by atoms with van der Waals surface area (Å²) in [5.74, 6) is 1.55. The standard InChI is InChI=1S/C52H42N2OPS.3ClH.Ru/c1-35-31-36(2)50(37(3)32-35)46-34-53-52(54-46)43-27-18-29-48(51(43)45-33-44(38-19-8-5-9-20-38)41-25-14-15-26-42(41)45)56(39-21-10-6-11-22-39,40-23-12-7-13-24-40)55-47-28-16-17-30-49(47)57-4;;;;/h5-34H,1-4H3;3*1H;/q+1;;;;+3/p-3. The Hall–Kier alpha value is -4.57. The van der Waals surface area contributed by atoms with Crippen molar-refractivity contribution >= 4 is 93.1 Å². The van der Waals surface area contributed by atoms with E-state index >= 15 is 0 Å². The van der Waals surface area contributed by atoms with Crippen molar-refractivity contribution in [1.82, 2.24) is 0 Å². The van der Waals surface area contributed by atoms with Gasteiger partial charge in [0.25, 0.3) is 7.49 Å². The van der Waals surface area contributed by atoms with Crippen LogP contribution in [0.1, 0.15) is 38.9 Å². The van der Waals surface area contributed by atoms with Crippen LogP contribution in [0.3, 0.4) is 0 Å². The normalized spacial score (nSPS) is 15.0. The van der Waals surface area contributed by atoms with Gasteiger partial charge in [0.05, 0.1) is 16.8 Å². The van der Waals surface area contributed by atoms with E-state index in [1.54, 1.807) is 11.8 Å². The molecule has 0 aromatic heterocycles. The minimum atomic E-state index is -2.95. The van der Waals surface area contributed by atoms with Crippen LogP contribution in [0.25, 0.3) is 17.0 Å². The number of thioether (sulfide) groups is 1. The quantitative estimate of drug-likeness (QED) is 0.0864. The van der Waals surface area contributed by atoms with Gasteiger partial charge in [0.1, 0.15) is 10.6 Å². The molecular weight excluding hydrogens is 939 g/mol. The van der Waals surface area contributed by atoms with Gasteiger partial charge in [0.2, 0.25) is 0 Å².